The molecule has 2 rings (SSSR count). The van der Waals surface area contributed by atoms with Gasteiger partial charge in [-0.15, -0.1) is 0 Å². The molecule has 0 amide bonds. The van der Waals surface area contributed by atoms with Crippen LogP contribution in [0.25, 0.3) is 0 Å². The Morgan fingerprint density at radius 2 is 1.50 bits per heavy atom. The summed E-state index contributed by atoms with van der Waals surface area (Å²) in [6, 6.07) is 9.88. The molecule has 8 nitrogen and oxygen atoms in total. The van der Waals surface area contributed by atoms with Crippen molar-refractivity contribution in [2.75, 3.05) is 13.1 Å². The Balaban J connectivity index is 2.62. The van der Waals surface area contributed by atoms with E-state index in [1.165, 1.54) is 11.8 Å². The standard InChI is InChI=1S/C20H36N2O6P2/c1-5-18-19(6-2,7-3)22(20(8-4,29(23,24)25)30(26,27)28)15-14-21(18)16-17-12-10-9-11-13-17/h9-13,18H,5-8,14-16H2,1-4H3,(H2,23,24,25)(H2,26,27,28). The van der Waals surface area contributed by atoms with Crippen molar-refractivity contribution in [1.82, 2.24) is 9.80 Å². The van der Waals surface area contributed by atoms with E-state index in [1.54, 1.807) is 0 Å². The van der Waals surface area contributed by atoms with Crippen LogP contribution in [0, 0.1) is 0 Å². The molecule has 1 aromatic carbocycles. The van der Waals surface area contributed by atoms with Crippen LogP contribution in [-0.4, -0.2) is 59.1 Å². The molecule has 0 aliphatic carbocycles. The summed E-state index contributed by atoms with van der Waals surface area (Å²) in [5, 5.41) is -2.52. The zero-order valence-corrected chi connectivity index (χ0v) is 20.1. The monoisotopic (exact) mass is 462 g/mol. The zero-order valence-electron chi connectivity index (χ0n) is 18.3. The summed E-state index contributed by atoms with van der Waals surface area (Å²) >= 11 is 0. The van der Waals surface area contributed by atoms with E-state index >= 15 is 0 Å². The Morgan fingerprint density at radius 1 is 0.967 bits per heavy atom. The summed E-state index contributed by atoms with van der Waals surface area (Å²) in [5.74, 6) is 0. The van der Waals surface area contributed by atoms with Crippen molar-refractivity contribution >= 4 is 15.2 Å². The fourth-order valence-corrected chi connectivity index (χ4v) is 8.91. The molecule has 1 unspecified atom stereocenters. The minimum Gasteiger partial charge on any atom is -0.323 e. The van der Waals surface area contributed by atoms with E-state index in [9.17, 15) is 28.7 Å². The van der Waals surface area contributed by atoms with Crippen molar-refractivity contribution in [3.8, 4) is 0 Å². The van der Waals surface area contributed by atoms with Gasteiger partial charge in [0.05, 0.1) is 0 Å². The largest absolute Gasteiger partial charge is 0.358 e. The van der Waals surface area contributed by atoms with E-state index in [0.29, 0.717) is 32.4 Å². The lowest BCUT2D eigenvalue weighted by Gasteiger charge is -2.61. The molecule has 1 heterocycles. The second-order valence-corrected chi connectivity index (χ2v) is 12.1. The van der Waals surface area contributed by atoms with Crippen molar-refractivity contribution in [2.24, 2.45) is 0 Å². The third-order valence-electron chi connectivity index (χ3n) is 6.89. The number of rotatable bonds is 9. The van der Waals surface area contributed by atoms with E-state index in [0.717, 1.165) is 5.56 Å². The van der Waals surface area contributed by atoms with Crippen LogP contribution in [-0.2, 0) is 15.7 Å². The molecule has 1 atom stereocenters. The molecular formula is C20H36N2O6P2. The maximum atomic E-state index is 12.7. The van der Waals surface area contributed by atoms with Crippen molar-refractivity contribution in [1.29, 1.82) is 0 Å². The second-order valence-electron chi connectivity index (χ2n) is 8.06. The number of benzene rings is 1. The Hall–Kier alpha value is -0.560. The minimum absolute atomic E-state index is 0.106. The lowest BCUT2D eigenvalue weighted by molar-refractivity contribution is -0.0890. The molecule has 4 N–H and O–H groups in total. The fraction of sp³-hybridized carbons (Fsp3) is 0.700. The van der Waals surface area contributed by atoms with Crippen LogP contribution in [0.4, 0.5) is 0 Å². The van der Waals surface area contributed by atoms with Crippen molar-refractivity contribution in [3.05, 3.63) is 35.9 Å². The zero-order chi connectivity index (χ0) is 22.8. The van der Waals surface area contributed by atoms with E-state index in [4.69, 9.17) is 0 Å². The number of hydrogen-bond acceptors (Lipinski definition) is 4. The molecule has 0 spiro atoms. The summed E-state index contributed by atoms with van der Waals surface area (Å²) in [5.41, 5.74) is 0.359. The molecule has 0 aromatic heterocycles. The summed E-state index contributed by atoms with van der Waals surface area (Å²) in [6.45, 7) is 8.67. The summed E-state index contributed by atoms with van der Waals surface area (Å²) < 4.78 is 25.3. The predicted octanol–water partition coefficient (Wildman–Crippen LogP) is 3.56. The van der Waals surface area contributed by atoms with Crippen LogP contribution >= 0.6 is 15.2 Å². The van der Waals surface area contributed by atoms with Crippen LogP contribution in [0.5, 0.6) is 0 Å². The lowest BCUT2D eigenvalue weighted by Crippen LogP contribution is -2.72. The highest BCUT2D eigenvalue weighted by Crippen LogP contribution is 2.73. The highest BCUT2D eigenvalue weighted by molar-refractivity contribution is 7.72. The van der Waals surface area contributed by atoms with Gasteiger partial charge in [-0.05, 0) is 31.2 Å². The Morgan fingerprint density at radius 3 is 1.90 bits per heavy atom. The SMILES string of the molecule is CCC1N(Cc2ccccc2)CCN(C(CC)(P(=O)(O)O)P(=O)(O)O)C1(CC)CC. The van der Waals surface area contributed by atoms with Gasteiger partial charge in [-0.3, -0.25) is 18.9 Å². The lowest BCUT2D eigenvalue weighted by atomic mass is 9.78. The van der Waals surface area contributed by atoms with Crippen LogP contribution < -0.4 is 0 Å². The van der Waals surface area contributed by atoms with Gasteiger partial charge in [0, 0.05) is 31.2 Å². The van der Waals surface area contributed by atoms with Gasteiger partial charge in [-0.1, -0.05) is 58.0 Å². The van der Waals surface area contributed by atoms with Crippen molar-refractivity contribution in [3.63, 3.8) is 0 Å². The maximum Gasteiger partial charge on any atom is 0.358 e. The number of hydrogen-bond donors (Lipinski definition) is 4. The highest BCUT2D eigenvalue weighted by Gasteiger charge is 2.68. The second kappa shape index (κ2) is 9.51. The first kappa shape index (κ1) is 25.7. The highest BCUT2D eigenvalue weighted by atomic mass is 31.2. The van der Waals surface area contributed by atoms with Gasteiger partial charge in [0.1, 0.15) is 0 Å². The van der Waals surface area contributed by atoms with E-state index in [1.807, 2.05) is 51.1 Å². The molecule has 10 heteroatoms. The molecule has 1 saturated heterocycles. The summed E-state index contributed by atoms with van der Waals surface area (Å²) in [6.07, 6.45) is 1.41. The van der Waals surface area contributed by atoms with Crippen LogP contribution in [0.3, 0.4) is 0 Å². The first-order valence-corrected chi connectivity index (χ1v) is 13.8. The summed E-state index contributed by atoms with van der Waals surface area (Å²) in [7, 11) is -10.4. The molecule has 1 aliphatic heterocycles. The predicted molar refractivity (Wildman–Crippen MR) is 118 cm³/mol. The van der Waals surface area contributed by atoms with Gasteiger partial charge in [-0.2, -0.15) is 0 Å². The first-order chi connectivity index (χ1) is 13.9. The first-order valence-electron chi connectivity index (χ1n) is 10.6. The number of piperazine rings is 1. The quantitative estimate of drug-likeness (QED) is 0.411. The normalized spacial score (nSPS) is 21.7. The Labute approximate surface area is 179 Å². The van der Waals surface area contributed by atoms with Gasteiger partial charge in [0.25, 0.3) is 0 Å². The average molecular weight is 462 g/mol. The molecule has 1 aliphatic rings. The van der Waals surface area contributed by atoms with Gasteiger partial charge in [0.2, 0.25) is 5.02 Å². The molecular weight excluding hydrogens is 426 g/mol. The molecule has 1 aromatic rings. The van der Waals surface area contributed by atoms with Gasteiger partial charge < -0.3 is 19.6 Å². The Bertz CT molecular complexity index is 768. The third kappa shape index (κ3) is 4.22. The molecule has 172 valence electrons. The molecule has 1 fully saturated rings. The van der Waals surface area contributed by atoms with Gasteiger partial charge in [0.15, 0.2) is 0 Å². The van der Waals surface area contributed by atoms with E-state index in [2.05, 4.69) is 4.90 Å². The van der Waals surface area contributed by atoms with Crippen molar-refractivity contribution in [2.45, 2.75) is 76.5 Å². The van der Waals surface area contributed by atoms with Gasteiger partial charge >= 0.3 is 15.2 Å². The van der Waals surface area contributed by atoms with Crippen LogP contribution in [0.2, 0.25) is 0 Å². The van der Waals surface area contributed by atoms with Crippen LogP contribution in [0.1, 0.15) is 58.9 Å². The number of nitrogens with zero attached hydrogens (tertiary/aromatic N) is 2. The smallest absolute Gasteiger partial charge is 0.323 e. The average Bonchev–Trinajstić information content (AvgIpc) is 2.68. The third-order valence-corrected chi connectivity index (χ3v) is 11.4. The minimum atomic E-state index is -5.18. The van der Waals surface area contributed by atoms with E-state index in [-0.39, 0.29) is 19.0 Å². The topological polar surface area (TPSA) is 122 Å². The molecule has 30 heavy (non-hydrogen) atoms. The molecule has 0 bridgehead atoms. The Kier molecular flexibility index (Phi) is 8.15. The molecule has 0 radical (unpaired) electrons. The maximum absolute atomic E-state index is 12.7. The summed E-state index contributed by atoms with van der Waals surface area (Å²) in [4.78, 5) is 44.8. The fourth-order valence-electron chi connectivity index (χ4n) is 5.50. The van der Waals surface area contributed by atoms with Gasteiger partial charge in [-0.25, -0.2) is 0 Å². The van der Waals surface area contributed by atoms with E-state index < -0.39 is 25.8 Å². The molecule has 0 saturated carbocycles. The van der Waals surface area contributed by atoms with Crippen molar-refractivity contribution < 1.29 is 28.7 Å². The van der Waals surface area contributed by atoms with Crippen LogP contribution in [0.15, 0.2) is 30.3 Å².